The second-order valence-corrected chi connectivity index (χ2v) is 6.81. The third-order valence-electron chi connectivity index (χ3n) is 4.43. The lowest BCUT2D eigenvalue weighted by atomic mass is 9.79. The van der Waals surface area contributed by atoms with Crippen molar-refractivity contribution in [1.82, 2.24) is 15.1 Å². The van der Waals surface area contributed by atoms with E-state index >= 15 is 0 Å². The average molecular weight is 269 g/mol. The molecule has 0 bridgehead atoms. The highest BCUT2D eigenvalue weighted by Gasteiger charge is 2.35. The summed E-state index contributed by atoms with van der Waals surface area (Å²) in [6.45, 7) is 6.54. The van der Waals surface area contributed by atoms with E-state index in [1.165, 1.54) is 38.8 Å². The first kappa shape index (κ1) is 15.2. The van der Waals surface area contributed by atoms with Crippen molar-refractivity contribution in [2.24, 2.45) is 5.41 Å². The molecule has 2 fully saturated rings. The summed E-state index contributed by atoms with van der Waals surface area (Å²) in [4.78, 5) is 4.76. The van der Waals surface area contributed by atoms with Gasteiger partial charge in [0.05, 0.1) is 0 Å². The number of hydrogen-bond acceptors (Lipinski definition) is 4. The summed E-state index contributed by atoms with van der Waals surface area (Å²) in [5.74, 6) is 0. The average Bonchev–Trinajstić information content (AvgIpc) is 3.19. The van der Waals surface area contributed by atoms with Gasteiger partial charge in [-0.25, -0.2) is 0 Å². The molecule has 1 heterocycles. The van der Waals surface area contributed by atoms with Crippen LogP contribution < -0.4 is 5.32 Å². The minimum absolute atomic E-state index is 0.432. The van der Waals surface area contributed by atoms with Crippen LogP contribution in [0.2, 0.25) is 0 Å². The molecule has 2 aliphatic rings. The van der Waals surface area contributed by atoms with E-state index in [0.29, 0.717) is 5.41 Å². The summed E-state index contributed by atoms with van der Waals surface area (Å²) in [5.41, 5.74) is 0.432. The van der Waals surface area contributed by atoms with Crippen LogP contribution in [0, 0.1) is 5.41 Å². The zero-order chi connectivity index (χ0) is 13.7. The van der Waals surface area contributed by atoms with Crippen LogP contribution in [0.5, 0.6) is 0 Å². The van der Waals surface area contributed by atoms with E-state index in [9.17, 15) is 0 Å². The maximum atomic E-state index is 5.57. The predicted octanol–water partition coefficient (Wildman–Crippen LogP) is 1.03. The van der Waals surface area contributed by atoms with E-state index in [1.807, 2.05) is 0 Å². The Bertz CT molecular complexity index is 260. The predicted molar refractivity (Wildman–Crippen MR) is 79.6 cm³/mol. The molecule has 112 valence electrons. The Morgan fingerprint density at radius 3 is 2.37 bits per heavy atom. The monoisotopic (exact) mass is 269 g/mol. The molecule has 0 spiro atoms. The SMILES string of the molecule is CN(C)CCN(C)CC1(CNC2CC2)CCOCC1. The van der Waals surface area contributed by atoms with E-state index in [0.717, 1.165) is 32.3 Å². The van der Waals surface area contributed by atoms with Crippen LogP contribution in [0.15, 0.2) is 0 Å². The highest BCUT2D eigenvalue weighted by atomic mass is 16.5. The van der Waals surface area contributed by atoms with E-state index in [4.69, 9.17) is 4.74 Å². The molecule has 2 rings (SSSR count). The summed E-state index contributed by atoms with van der Waals surface area (Å²) in [6.07, 6.45) is 5.17. The summed E-state index contributed by atoms with van der Waals surface area (Å²) in [6, 6.07) is 0.812. The quantitative estimate of drug-likeness (QED) is 0.712. The lowest BCUT2D eigenvalue weighted by Crippen LogP contribution is -2.47. The van der Waals surface area contributed by atoms with Gasteiger partial charge >= 0.3 is 0 Å². The lowest BCUT2D eigenvalue weighted by molar-refractivity contribution is -0.00132. The van der Waals surface area contributed by atoms with Crippen LogP contribution in [-0.4, -0.2) is 76.4 Å². The highest BCUT2D eigenvalue weighted by molar-refractivity contribution is 4.90. The topological polar surface area (TPSA) is 27.7 Å². The Balaban J connectivity index is 1.80. The first-order valence-electron chi connectivity index (χ1n) is 7.74. The van der Waals surface area contributed by atoms with Crippen molar-refractivity contribution in [3.8, 4) is 0 Å². The van der Waals surface area contributed by atoms with Gasteiger partial charge in [0.1, 0.15) is 0 Å². The molecule has 0 atom stereocenters. The molecule has 0 aromatic rings. The van der Waals surface area contributed by atoms with Gasteiger partial charge in [0, 0.05) is 45.4 Å². The van der Waals surface area contributed by atoms with Gasteiger partial charge < -0.3 is 19.9 Å². The molecule has 1 aliphatic heterocycles. The molecule has 1 N–H and O–H groups in total. The van der Waals surface area contributed by atoms with E-state index < -0.39 is 0 Å². The van der Waals surface area contributed by atoms with Gasteiger partial charge in [0.25, 0.3) is 0 Å². The maximum Gasteiger partial charge on any atom is 0.0472 e. The molecule has 0 radical (unpaired) electrons. The van der Waals surface area contributed by atoms with Crippen molar-refractivity contribution < 1.29 is 4.74 Å². The van der Waals surface area contributed by atoms with Crippen LogP contribution in [0.4, 0.5) is 0 Å². The number of nitrogens with one attached hydrogen (secondary N) is 1. The van der Waals surface area contributed by atoms with E-state index in [2.05, 4.69) is 36.3 Å². The summed E-state index contributed by atoms with van der Waals surface area (Å²) >= 11 is 0. The standard InChI is InChI=1S/C15H31N3O/c1-17(2)8-9-18(3)13-15(6-10-19-11-7-15)12-16-14-4-5-14/h14,16H,4-13H2,1-3H3. The molecule has 0 aromatic heterocycles. The third kappa shape index (κ3) is 5.38. The Morgan fingerprint density at radius 1 is 1.11 bits per heavy atom. The zero-order valence-corrected chi connectivity index (χ0v) is 13.0. The molecule has 0 amide bonds. The van der Waals surface area contributed by atoms with Gasteiger partial charge in [-0.05, 0) is 52.2 Å². The molecule has 1 saturated carbocycles. The third-order valence-corrected chi connectivity index (χ3v) is 4.43. The van der Waals surface area contributed by atoms with Gasteiger partial charge in [-0.2, -0.15) is 0 Å². The van der Waals surface area contributed by atoms with Gasteiger partial charge in [0.2, 0.25) is 0 Å². The van der Waals surface area contributed by atoms with Gasteiger partial charge in [-0.1, -0.05) is 0 Å². The zero-order valence-electron chi connectivity index (χ0n) is 13.0. The van der Waals surface area contributed by atoms with Gasteiger partial charge in [-0.3, -0.25) is 0 Å². The van der Waals surface area contributed by atoms with Crippen LogP contribution >= 0.6 is 0 Å². The summed E-state index contributed by atoms with van der Waals surface area (Å²) in [5, 5.41) is 3.74. The first-order chi connectivity index (χ1) is 9.10. The van der Waals surface area contributed by atoms with Crippen LogP contribution in [0.3, 0.4) is 0 Å². The maximum absolute atomic E-state index is 5.57. The largest absolute Gasteiger partial charge is 0.381 e. The summed E-state index contributed by atoms with van der Waals surface area (Å²) in [7, 11) is 6.55. The molecule has 0 aromatic carbocycles. The first-order valence-corrected chi connectivity index (χ1v) is 7.74. The normalized spacial score (nSPS) is 23.2. The fourth-order valence-electron chi connectivity index (χ4n) is 2.87. The minimum atomic E-state index is 0.432. The molecule has 19 heavy (non-hydrogen) atoms. The Kier molecular flexibility index (Phi) is 5.63. The van der Waals surface area contributed by atoms with Crippen molar-refractivity contribution in [2.45, 2.75) is 31.7 Å². The van der Waals surface area contributed by atoms with Crippen molar-refractivity contribution in [3.05, 3.63) is 0 Å². The number of ether oxygens (including phenoxy) is 1. The second-order valence-electron chi connectivity index (χ2n) is 6.81. The molecule has 4 nitrogen and oxygen atoms in total. The molecule has 4 heteroatoms. The van der Waals surface area contributed by atoms with Crippen molar-refractivity contribution in [1.29, 1.82) is 0 Å². The van der Waals surface area contributed by atoms with Crippen LogP contribution in [0.25, 0.3) is 0 Å². The highest BCUT2D eigenvalue weighted by Crippen LogP contribution is 2.32. The number of nitrogens with zero attached hydrogens (tertiary/aromatic N) is 2. The number of hydrogen-bond donors (Lipinski definition) is 1. The second kappa shape index (κ2) is 7.02. The Labute approximate surface area is 118 Å². The van der Waals surface area contributed by atoms with Gasteiger partial charge in [-0.15, -0.1) is 0 Å². The molecule has 1 saturated heterocycles. The van der Waals surface area contributed by atoms with Crippen molar-refractivity contribution in [3.63, 3.8) is 0 Å². The Morgan fingerprint density at radius 2 is 1.79 bits per heavy atom. The molecular formula is C15H31N3O. The van der Waals surface area contributed by atoms with Gasteiger partial charge in [0.15, 0.2) is 0 Å². The smallest absolute Gasteiger partial charge is 0.0472 e. The minimum Gasteiger partial charge on any atom is -0.381 e. The van der Waals surface area contributed by atoms with Crippen molar-refractivity contribution in [2.75, 3.05) is 60.5 Å². The van der Waals surface area contributed by atoms with Crippen LogP contribution in [-0.2, 0) is 4.74 Å². The van der Waals surface area contributed by atoms with Crippen molar-refractivity contribution >= 4 is 0 Å². The molecular weight excluding hydrogens is 238 g/mol. The number of likely N-dealkylation sites (N-methyl/N-ethyl adjacent to an activating group) is 2. The lowest BCUT2D eigenvalue weighted by Gasteiger charge is -2.40. The van der Waals surface area contributed by atoms with E-state index in [-0.39, 0.29) is 0 Å². The molecule has 0 unspecified atom stereocenters. The fraction of sp³-hybridized carbons (Fsp3) is 1.00. The summed E-state index contributed by atoms with van der Waals surface area (Å²) < 4.78 is 5.57. The molecule has 1 aliphatic carbocycles. The number of rotatable bonds is 8. The van der Waals surface area contributed by atoms with Crippen LogP contribution in [0.1, 0.15) is 25.7 Å². The van der Waals surface area contributed by atoms with E-state index in [1.54, 1.807) is 0 Å². The fourth-order valence-corrected chi connectivity index (χ4v) is 2.87. The Hall–Kier alpha value is -0.160.